The smallest absolute Gasteiger partial charge is 0.144 e. The molecule has 6 heteroatoms. The van der Waals surface area contributed by atoms with Crippen molar-refractivity contribution in [2.75, 3.05) is 0 Å². The molecule has 0 aliphatic heterocycles. The Morgan fingerprint density at radius 1 is 1.20 bits per heavy atom. The zero-order valence-corrected chi connectivity index (χ0v) is 14.6. The van der Waals surface area contributed by atoms with Gasteiger partial charge in [-0.25, -0.2) is 13.8 Å². The highest BCUT2D eigenvalue weighted by Crippen LogP contribution is 2.27. The predicted molar refractivity (Wildman–Crippen MR) is 93.4 cm³/mol. The third kappa shape index (κ3) is 3.22. The average Bonchev–Trinajstić information content (AvgIpc) is 3.00. The van der Waals surface area contributed by atoms with Crippen molar-refractivity contribution in [3.8, 4) is 6.07 Å². The van der Waals surface area contributed by atoms with E-state index in [1.54, 1.807) is 42.9 Å². The van der Waals surface area contributed by atoms with Crippen LogP contribution in [0.15, 0.2) is 36.7 Å². The summed E-state index contributed by atoms with van der Waals surface area (Å²) in [6, 6.07) is 9.85. The molecule has 0 saturated carbocycles. The van der Waals surface area contributed by atoms with Crippen LogP contribution in [0.3, 0.4) is 0 Å². The van der Waals surface area contributed by atoms with Gasteiger partial charge >= 0.3 is 0 Å². The summed E-state index contributed by atoms with van der Waals surface area (Å²) in [6.07, 6.45) is 2.13. The molecule has 0 atom stereocenters. The summed E-state index contributed by atoms with van der Waals surface area (Å²) in [6.45, 7) is 3.85. The number of nitriles is 1. The quantitative estimate of drug-likeness (QED) is 0.657. The predicted octanol–water partition coefficient (Wildman–Crippen LogP) is 5.01. The molecule has 25 heavy (non-hydrogen) atoms. The Morgan fingerprint density at radius 3 is 2.64 bits per heavy atom. The van der Waals surface area contributed by atoms with E-state index in [2.05, 4.69) is 11.1 Å². The highest BCUT2D eigenvalue weighted by atomic mass is 35.5. The molecule has 3 nitrogen and oxygen atoms in total. The molecule has 0 radical (unpaired) electrons. The average molecular weight is 360 g/mol. The number of hydrogen-bond donors (Lipinski definition) is 0. The number of hydrogen-bond acceptors (Lipinski definition) is 2. The van der Waals surface area contributed by atoms with E-state index in [0.29, 0.717) is 29.6 Å². The van der Waals surface area contributed by atoms with E-state index < -0.39 is 17.0 Å². The van der Waals surface area contributed by atoms with Crippen molar-refractivity contribution in [3.05, 3.63) is 64.4 Å². The number of fused-ring (bicyclic) bond motifs is 1. The van der Waals surface area contributed by atoms with Crippen LogP contribution in [-0.4, -0.2) is 9.55 Å². The SMILES string of the molecule is CC(C)(C#N)c1ccc(CCn2cnc3ccc(F)c(Cl)c32)cc1F. The molecule has 1 heterocycles. The minimum Gasteiger partial charge on any atom is -0.329 e. The summed E-state index contributed by atoms with van der Waals surface area (Å²) in [5, 5.41) is 9.18. The Morgan fingerprint density at radius 2 is 1.96 bits per heavy atom. The number of nitrogens with zero attached hydrogens (tertiary/aromatic N) is 3. The van der Waals surface area contributed by atoms with Gasteiger partial charge in [0.1, 0.15) is 16.7 Å². The molecular weight excluding hydrogens is 344 g/mol. The first kappa shape index (κ1) is 17.4. The summed E-state index contributed by atoms with van der Waals surface area (Å²) in [7, 11) is 0. The summed E-state index contributed by atoms with van der Waals surface area (Å²) in [4.78, 5) is 4.21. The lowest BCUT2D eigenvalue weighted by atomic mass is 9.85. The molecule has 0 aliphatic carbocycles. The third-order valence-corrected chi connectivity index (χ3v) is 4.66. The van der Waals surface area contributed by atoms with Crippen LogP contribution in [0.1, 0.15) is 25.0 Å². The molecule has 1 aromatic heterocycles. The first-order valence-electron chi connectivity index (χ1n) is 7.82. The fraction of sp³-hybridized carbons (Fsp3) is 0.263. The van der Waals surface area contributed by atoms with E-state index in [9.17, 15) is 8.78 Å². The van der Waals surface area contributed by atoms with Crippen LogP contribution >= 0.6 is 11.6 Å². The third-order valence-electron chi connectivity index (χ3n) is 4.30. The minimum absolute atomic E-state index is 0.0345. The Balaban J connectivity index is 1.85. The molecule has 0 amide bonds. The second kappa shape index (κ2) is 6.45. The van der Waals surface area contributed by atoms with Gasteiger partial charge in [0.25, 0.3) is 0 Å². The van der Waals surface area contributed by atoms with Crippen LogP contribution in [0.2, 0.25) is 5.02 Å². The van der Waals surface area contributed by atoms with Gasteiger partial charge in [-0.15, -0.1) is 0 Å². The highest BCUT2D eigenvalue weighted by molar-refractivity contribution is 6.35. The van der Waals surface area contributed by atoms with E-state index in [1.807, 2.05) is 0 Å². The minimum atomic E-state index is -0.881. The molecule has 128 valence electrons. The zero-order chi connectivity index (χ0) is 18.2. The van der Waals surface area contributed by atoms with Crippen molar-refractivity contribution in [2.24, 2.45) is 0 Å². The molecule has 0 spiro atoms. The second-order valence-electron chi connectivity index (χ2n) is 6.47. The van der Waals surface area contributed by atoms with E-state index in [1.165, 1.54) is 12.1 Å². The van der Waals surface area contributed by atoms with Gasteiger partial charge in [0.05, 0.1) is 28.8 Å². The number of aromatic nitrogens is 2. The fourth-order valence-corrected chi connectivity index (χ4v) is 3.07. The Kier molecular flexibility index (Phi) is 4.49. The Hall–Kier alpha value is -2.45. The largest absolute Gasteiger partial charge is 0.329 e. The maximum absolute atomic E-state index is 14.3. The maximum Gasteiger partial charge on any atom is 0.144 e. The number of imidazole rings is 1. The molecule has 0 aliphatic rings. The van der Waals surface area contributed by atoms with Crippen LogP contribution in [0.4, 0.5) is 8.78 Å². The van der Waals surface area contributed by atoms with Crippen LogP contribution in [0.5, 0.6) is 0 Å². The van der Waals surface area contributed by atoms with Gasteiger partial charge in [-0.2, -0.15) is 5.26 Å². The Bertz CT molecular complexity index is 986. The normalized spacial score (nSPS) is 11.7. The summed E-state index contributed by atoms with van der Waals surface area (Å²) < 4.78 is 29.7. The molecule has 3 rings (SSSR count). The van der Waals surface area contributed by atoms with Crippen LogP contribution in [0, 0.1) is 23.0 Å². The molecule has 0 bridgehead atoms. The van der Waals surface area contributed by atoms with Gasteiger partial charge in [-0.05, 0) is 44.0 Å². The van der Waals surface area contributed by atoms with Crippen molar-refractivity contribution >= 4 is 22.6 Å². The van der Waals surface area contributed by atoms with Gasteiger partial charge < -0.3 is 4.57 Å². The first-order valence-corrected chi connectivity index (χ1v) is 8.20. The number of halogens is 3. The van der Waals surface area contributed by atoms with E-state index in [4.69, 9.17) is 16.9 Å². The lowest BCUT2D eigenvalue weighted by Crippen LogP contribution is -2.16. The van der Waals surface area contributed by atoms with Gasteiger partial charge in [-0.3, -0.25) is 0 Å². The number of aryl methyl sites for hydroxylation is 2. The standard InChI is InChI=1S/C19H16ClF2N3/c1-19(2,10-23)13-4-3-12(9-15(13)22)7-8-25-11-24-16-6-5-14(21)17(20)18(16)25/h3-6,9,11H,7-8H2,1-2H3. The molecule has 0 N–H and O–H groups in total. The molecule has 0 saturated heterocycles. The highest BCUT2D eigenvalue weighted by Gasteiger charge is 2.23. The van der Waals surface area contributed by atoms with Crippen molar-refractivity contribution in [2.45, 2.75) is 32.2 Å². The van der Waals surface area contributed by atoms with Gasteiger partial charge in [0.2, 0.25) is 0 Å². The molecule has 0 unspecified atom stereocenters. The fourth-order valence-electron chi connectivity index (χ4n) is 2.80. The first-order chi connectivity index (χ1) is 11.8. The molecular formula is C19H16ClF2N3. The lowest BCUT2D eigenvalue weighted by Gasteiger charge is -2.17. The van der Waals surface area contributed by atoms with E-state index in [0.717, 1.165) is 5.56 Å². The van der Waals surface area contributed by atoms with Crippen molar-refractivity contribution in [3.63, 3.8) is 0 Å². The lowest BCUT2D eigenvalue weighted by molar-refractivity contribution is 0.562. The van der Waals surface area contributed by atoms with Crippen LogP contribution in [0.25, 0.3) is 11.0 Å². The van der Waals surface area contributed by atoms with Crippen molar-refractivity contribution in [1.29, 1.82) is 5.26 Å². The second-order valence-corrected chi connectivity index (χ2v) is 6.85. The molecule has 3 aromatic rings. The number of rotatable bonds is 4. The molecule has 0 fully saturated rings. The van der Waals surface area contributed by atoms with Crippen LogP contribution in [-0.2, 0) is 18.4 Å². The van der Waals surface area contributed by atoms with Crippen LogP contribution < -0.4 is 0 Å². The Labute approximate surface area is 149 Å². The topological polar surface area (TPSA) is 41.6 Å². The van der Waals surface area contributed by atoms with E-state index >= 15 is 0 Å². The summed E-state index contributed by atoms with van der Waals surface area (Å²) in [5.74, 6) is -0.895. The maximum atomic E-state index is 14.3. The van der Waals surface area contributed by atoms with Gasteiger partial charge in [0.15, 0.2) is 0 Å². The molecule has 2 aromatic carbocycles. The summed E-state index contributed by atoms with van der Waals surface area (Å²) >= 11 is 6.04. The number of benzene rings is 2. The van der Waals surface area contributed by atoms with E-state index in [-0.39, 0.29) is 5.02 Å². The zero-order valence-electron chi connectivity index (χ0n) is 13.9. The van der Waals surface area contributed by atoms with Crippen molar-refractivity contribution < 1.29 is 8.78 Å². The van der Waals surface area contributed by atoms with Gasteiger partial charge in [-0.1, -0.05) is 23.7 Å². The monoisotopic (exact) mass is 359 g/mol. The van der Waals surface area contributed by atoms with Crippen molar-refractivity contribution in [1.82, 2.24) is 9.55 Å². The summed E-state index contributed by atoms with van der Waals surface area (Å²) in [5.41, 5.74) is 1.42. The van der Waals surface area contributed by atoms with Gasteiger partial charge in [0, 0.05) is 12.1 Å².